The number of amides is 4. The van der Waals surface area contributed by atoms with Crippen LogP contribution in [-0.2, 0) is 30.6 Å². The van der Waals surface area contributed by atoms with E-state index in [0.717, 1.165) is 0 Å². The minimum atomic E-state index is -2.10. The minimum absolute atomic E-state index is 0.0123. The lowest BCUT2D eigenvalue weighted by molar-refractivity contribution is 0.0978. The molecule has 0 radical (unpaired) electrons. The van der Waals surface area contributed by atoms with Crippen molar-refractivity contribution in [1.82, 2.24) is 38.7 Å². The Kier molecular flexibility index (Phi) is 13.3. The van der Waals surface area contributed by atoms with Gasteiger partial charge in [0.1, 0.15) is 40.5 Å². The van der Waals surface area contributed by atoms with Crippen molar-refractivity contribution in [3.63, 3.8) is 0 Å². The van der Waals surface area contributed by atoms with Crippen LogP contribution in [0.1, 0.15) is 87.7 Å². The van der Waals surface area contributed by atoms with Crippen molar-refractivity contribution in [2.75, 3.05) is 20.3 Å². The van der Waals surface area contributed by atoms with Gasteiger partial charge in [0.05, 0.1) is 36.1 Å². The maximum Gasteiger partial charge on any atom is 0.298 e. The summed E-state index contributed by atoms with van der Waals surface area (Å²) in [5, 5.41) is 8.80. The second-order valence-corrected chi connectivity index (χ2v) is 21.3. The number of imidazole rings is 2. The van der Waals surface area contributed by atoms with Crippen LogP contribution < -0.4 is 32.2 Å². The van der Waals surface area contributed by atoms with E-state index in [4.69, 9.17) is 25.4 Å². The molecule has 0 aliphatic rings. The fourth-order valence-electron chi connectivity index (χ4n) is 6.88. The zero-order chi connectivity index (χ0) is 46.0. The van der Waals surface area contributed by atoms with E-state index in [2.05, 4.69) is 64.0 Å². The highest BCUT2D eigenvalue weighted by atomic mass is 28.4. The summed E-state index contributed by atoms with van der Waals surface area (Å²) >= 11 is 0. The first-order chi connectivity index (χ1) is 29.8. The number of benzene rings is 2. The first kappa shape index (κ1) is 45.7. The summed E-state index contributed by atoms with van der Waals surface area (Å²) in [7, 11) is -0.629. The molecule has 0 aliphatic heterocycles. The van der Waals surface area contributed by atoms with E-state index in [-0.39, 0.29) is 47.1 Å². The number of carbonyl (C=O) groups is 4. The number of allylic oxidation sites excluding steroid dienone is 2. The van der Waals surface area contributed by atoms with Crippen molar-refractivity contribution in [3.05, 3.63) is 93.7 Å². The van der Waals surface area contributed by atoms with E-state index < -0.39 is 31.9 Å². The maximum atomic E-state index is 13.8. The summed E-state index contributed by atoms with van der Waals surface area (Å²) in [6.07, 6.45) is 3.69. The highest BCUT2D eigenvalue weighted by molar-refractivity contribution is 6.74. The van der Waals surface area contributed by atoms with Crippen molar-refractivity contribution in [1.29, 1.82) is 0 Å². The fraction of sp³-hybridized carbons (Fsp3) is 0.395. The SMILES string of the molecule is CCn1nc(C)cc1C(=O)/N=c1/[nH]c2cc(C(N)=O)cc(OC)c2n1C/C=C/Cn1/c(=N/C(=O)c2cc(C)nn2CC)[nH]c2cc(C(N)=O)cc(OCCO[Si](C)(C)C(C)(C)C)c21. The number of aromatic nitrogens is 8. The topological polar surface area (TPSA) is 250 Å². The van der Waals surface area contributed by atoms with Crippen LogP contribution in [0.4, 0.5) is 0 Å². The third kappa shape index (κ3) is 9.65. The Hall–Kier alpha value is -6.80. The number of fused-ring (bicyclic) bond motifs is 2. The Bertz CT molecular complexity index is 2910. The highest BCUT2D eigenvalue weighted by Gasteiger charge is 2.37. The minimum Gasteiger partial charge on any atom is -0.494 e. The normalized spacial score (nSPS) is 12.9. The van der Waals surface area contributed by atoms with Crippen LogP contribution in [0.25, 0.3) is 22.1 Å². The number of carbonyl (C=O) groups excluding carboxylic acids is 4. The molecule has 6 N–H and O–H groups in total. The number of nitrogens with two attached hydrogens (primary N) is 2. The lowest BCUT2D eigenvalue weighted by Crippen LogP contribution is -2.41. The fourth-order valence-corrected chi connectivity index (χ4v) is 7.91. The number of rotatable bonds is 16. The molecule has 334 valence electrons. The predicted octanol–water partition coefficient (Wildman–Crippen LogP) is 4.65. The van der Waals surface area contributed by atoms with Crippen LogP contribution >= 0.6 is 0 Å². The summed E-state index contributed by atoms with van der Waals surface area (Å²) in [6, 6.07) is 9.60. The van der Waals surface area contributed by atoms with Gasteiger partial charge in [-0.15, -0.1) is 0 Å². The van der Waals surface area contributed by atoms with Crippen LogP contribution in [0.3, 0.4) is 0 Å². The van der Waals surface area contributed by atoms with Gasteiger partial charge >= 0.3 is 0 Å². The Labute approximate surface area is 364 Å². The quantitative estimate of drug-likeness (QED) is 0.0599. The second-order valence-electron chi connectivity index (χ2n) is 16.5. The number of aromatic amines is 2. The van der Waals surface area contributed by atoms with Gasteiger partial charge in [-0.2, -0.15) is 20.2 Å². The molecule has 20 heteroatoms. The van der Waals surface area contributed by atoms with Gasteiger partial charge in [-0.1, -0.05) is 32.9 Å². The largest absolute Gasteiger partial charge is 0.494 e. The van der Waals surface area contributed by atoms with Crippen LogP contribution in [0, 0.1) is 13.8 Å². The number of aryl methyl sites for hydroxylation is 4. The highest BCUT2D eigenvalue weighted by Crippen LogP contribution is 2.36. The molecule has 0 fully saturated rings. The molecule has 4 aromatic heterocycles. The molecule has 0 unspecified atom stereocenters. The number of nitrogens with one attached hydrogen (secondary N) is 2. The molecule has 0 saturated carbocycles. The van der Waals surface area contributed by atoms with Crippen LogP contribution in [0.15, 0.2) is 58.5 Å². The molecule has 0 saturated heterocycles. The van der Waals surface area contributed by atoms with Gasteiger partial charge in [0, 0.05) is 37.3 Å². The Morgan fingerprint density at radius 1 is 0.730 bits per heavy atom. The molecule has 0 atom stereocenters. The lowest BCUT2D eigenvalue weighted by Gasteiger charge is -2.36. The molecular formula is C43H56N12O7Si. The van der Waals surface area contributed by atoms with Crippen LogP contribution in [-0.4, -0.2) is 90.9 Å². The number of hydrogen-bond acceptors (Lipinski definition) is 9. The van der Waals surface area contributed by atoms with Crippen molar-refractivity contribution in [2.45, 2.75) is 92.8 Å². The Balaban J connectivity index is 1.46. The van der Waals surface area contributed by atoms with Crippen molar-refractivity contribution >= 4 is 54.0 Å². The van der Waals surface area contributed by atoms with E-state index >= 15 is 0 Å². The van der Waals surface area contributed by atoms with Gasteiger partial charge < -0.3 is 44.5 Å². The first-order valence-electron chi connectivity index (χ1n) is 20.6. The lowest BCUT2D eigenvalue weighted by atomic mass is 10.1. The van der Waals surface area contributed by atoms with Gasteiger partial charge in [-0.25, -0.2) is 0 Å². The van der Waals surface area contributed by atoms with Gasteiger partial charge in [0.2, 0.25) is 23.1 Å². The number of primary amides is 2. The Morgan fingerprint density at radius 2 is 1.17 bits per heavy atom. The van der Waals surface area contributed by atoms with Gasteiger partial charge in [0.15, 0.2) is 8.32 Å². The molecule has 6 aromatic rings. The van der Waals surface area contributed by atoms with Crippen LogP contribution in [0.5, 0.6) is 11.5 Å². The van der Waals surface area contributed by atoms with E-state index in [1.165, 1.54) is 13.2 Å². The van der Waals surface area contributed by atoms with Crippen molar-refractivity contribution in [3.8, 4) is 11.5 Å². The zero-order valence-corrected chi connectivity index (χ0v) is 38.5. The predicted molar refractivity (Wildman–Crippen MR) is 239 cm³/mol. The molecular weight excluding hydrogens is 825 g/mol. The van der Waals surface area contributed by atoms with E-state index in [9.17, 15) is 19.2 Å². The third-order valence-corrected chi connectivity index (χ3v) is 15.6. The monoisotopic (exact) mass is 880 g/mol. The molecule has 4 heterocycles. The number of methoxy groups -OCH3 is 1. The van der Waals surface area contributed by atoms with Crippen molar-refractivity contribution < 1.29 is 33.1 Å². The molecule has 4 amide bonds. The van der Waals surface area contributed by atoms with Gasteiger partial charge in [0.25, 0.3) is 11.8 Å². The number of H-pyrrole nitrogens is 2. The molecule has 2 aromatic carbocycles. The molecule has 63 heavy (non-hydrogen) atoms. The summed E-state index contributed by atoms with van der Waals surface area (Å²) in [4.78, 5) is 67.7. The van der Waals surface area contributed by atoms with E-state index in [1.807, 2.05) is 26.0 Å². The first-order valence-corrected chi connectivity index (χ1v) is 23.5. The zero-order valence-electron chi connectivity index (χ0n) is 37.5. The van der Waals surface area contributed by atoms with Crippen molar-refractivity contribution in [2.24, 2.45) is 21.5 Å². The molecule has 0 aliphatic carbocycles. The van der Waals surface area contributed by atoms with E-state index in [1.54, 1.807) is 62.7 Å². The molecule has 6 rings (SSSR count). The van der Waals surface area contributed by atoms with E-state index in [0.29, 0.717) is 76.0 Å². The average molecular weight is 881 g/mol. The smallest absolute Gasteiger partial charge is 0.298 e. The summed E-state index contributed by atoms with van der Waals surface area (Å²) < 4.78 is 25.1. The van der Waals surface area contributed by atoms with Gasteiger partial charge in [-0.3, -0.25) is 28.5 Å². The number of nitrogens with zero attached hydrogens (tertiary/aromatic N) is 8. The molecule has 0 bridgehead atoms. The third-order valence-electron chi connectivity index (χ3n) is 11.1. The summed E-state index contributed by atoms with van der Waals surface area (Å²) in [6.45, 7) is 19.9. The summed E-state index contributed by atoms with van der Waals surface area (Å²) in [5.74, 6) is -1.73. The summed E-state index contributed by atoms with van der Waals surface area (Å²) in [5.41, 5.74) is 16.1. The standard InChI is InChI=1S/C43H56N12O7Si/c1-11-54-31(19-25(3)50-54)39(58)48-41-46-29-21-27(37(44)56)23-33(60-8)35(29)52(41)15-13-14-16-53-36-30(47-42(53)49-40(59)32-20-26(4)51-55(32)12-2)22-28(38(45)57)24-34(36)61-17-18-62-63(9,10)43(5,6)7/h13-14,19-24H,11-12,15-18H2,1-10H3,(H2,44,56)(H2,45,57)(H,46,48,58)(H,47,49,59)/b14-13+. The number of hydrogen-bond donors (Lipinski definition) is 4. The molecule has 0 spiro atoms. The molecule has 19 nitrogen and oxygen atoms in total. The average Bonchev–Trinajstić information content (AvgIpc) is 3.99. The maximum absolute atomic E-state index is 13.8. The van der Waals surface area contributed by atoms with Crippen LogP contribution in [0.2, 0.25) is 18.1 Å². The Morgan fingerprint density at radius 3 is 1.59 bits per heavy atom. The number of ether oxygens (including phenoxy) is 2. The van der Waals surface area contributed by atoms with Gasteiger partial charge in [-0.05, 0) is 82.2 Å². The second kappa shape index (κ2) is 18.3.